The number of rotatable bonds is 8. The van der Waals surface area contributed by atoms with Crippen molar-refractivity contribution in [2.75, 3.05) is 18.8 Å². The van der Waals surface area contributed by atoms with Gasteiger partial charge in [0.25, 0.3) is 5.88 Å². The Morgan fingerprint density at radius 2 is 1.97 bits per heavy atom. The molecule has 0 saturated heterocycles. The molecule has 0 unspecified atom stereocenters. The van der Waals surface area contributed by atoms with Gasteiger partial charge in [-0.3, -0.25) is 14.7 Å². The number of aromatic nitrogens is 3. The summed E-state index contributed by atoms with van der Waals surface area (Å²) in [6.07, 6.45) is 7.37. The minimum atomic E-state index is 0.0403. The molecule has 7 heteroatoms. The summed E-state index contributed by atoms with van der Waals surface area (Å²) in [5.74, 6) is 0.932. The zero-order valence-corrected chi connectivity index (χ0v) is 21.2. The smallest absolute Gasteiger partial charge is 0.258 e. The predicted octanol–water partition coefficient (Wildman–Crippen LogP) is 4.76. The predicted molar refractivity (Wildman–Crippen MR) is 138 cm³/mol. The lowest BCUT2D eigenvalue weighted by Gasteiger charge is -2.30. The molecule has 0 fully saturated rings. The van der Waals surface area contributed by atoms with Gasteiger partial charge >= 0.3 is 0 Å². The molecule has 0 amide bonds. The summed E-state index contributed by atoms with van der Waals surface area (Å²) in [4.78, 5) is 27.8. The molecule has 2 aromatic heterocycles. The molecule has 7 nitrogen and oxygen atoms in total. The molecular formula is C28H35N5O2. The Kier molecular flexibility index (Phi) is 7.45. The van der Waals surface area contributed by atoms with E-state index in [1.807, 2.05) is 12.1 Å². The quantitative estimate of drug-likeness (QED) is 0.504. The minimum absolute atomic E-state index is 0.0403. The molecule has 0 atom stereocenters. The minimum Gasteiger partial charge on any atom is -0.470 e. The highest BCUT2D eigenvalue weighted by molar-refractivity contribution is 5.79. The van der Waals surface area contributed by atoms with Crippen molar-refractivity contribution >= 4 is 11.6 Å². The lowest BCUT2D eigenvalue weighted by atomic mass is 9.89. The van der Waals surface area contributed by atoms with Gasteiger partial charge in [-0.1, -0.05) is 20.8 Å². The third-order valence-corrected chi connectivity index (χ3v) is 6.26. The lowest BCUT2D eigenvalue weighted by molar-refractivity contribution is -0.121. The second-order valence-corrected chi connectivity index (χ2v) is 10.6. The summed E-state index contributed by atoms with van der Waals surface area (Å²) in [6, 6.07) is 8.14. The van der Waals surface area contributed by atoms with Gasteiger partial charge in [-0.2, -0.15) is 0 Å². The highest BCUT2D eigenvalue weighted by atomic mass is 16.5. The maximum absolute atomic E-state index is 12.4. The molecule has 0 radical (unpaired) electrons. The maximum atomic E-state index is 12.4. The van der Waals surface area contributed by atoms with Crippen molar-refractivity contribution in [3.63, 3.8) is 0 Å². The number of nitrogen functional groups attached to an aromatic ring is 1. The number of aryl methyl sites for hydroxylation is 1. The molecule has 0 bridgehead atoms. The van der Waals surface area contributed by atoms with Crippen LogP contribution in [0.4, 0.5) is 5.82 Å². The largest absolute Gasteiger partial charge is 0.470 e. The molecular weight excluding hydrogens is 438 g/mol. The van der Waals surface area contributed by atoms with Crippen molar-refractivity contribution in [2.24, 2.45) is 5.41 Å². The van der Waals surface area contributed by atoms with E-state index < -0.39 is 0 Å². The van der Waals surface area contributed by atoms with Gasteiger partial charge in [-0.15, -0.1) is 0 Å². The Balaban J connectivity index is 1.48. The Hall–Kier alpha value is -3.32. The summed E-state index contributed by atoms with van der Waals surface area (Å²) >= 11 is 0. The van der Waals surface area contributed by atoms with E-state index in [0.29, 0.717) is 31.1 Å². The molecule has 184 valence electrons. The van der Waals surface area contributed by atoms with Crippen LogP contribution in [0.25, 0.3) is 11.3 Å². The molecule has 2 N–H and O–H groups in total. The Morgan fingerprint density at radius 1 is 1.20 bits per heavy atom. The normalized spacial score (nSPS) is 13.9. The highest BCUT2D eigenvalue weighted by Crippen LogP contribution is 2.30. The summed E-state index contributed by atoms with van der Waals surface area (Å²) in [5.41, 5.74) is 12.7. The highest BCUT2D eigenvalue weighted by Gasteiger charge is 2.22. The first-order valence-corrected chi connectivity index (χ1v) is 12.2. The molecule has 1 aromatic carbocycles. The zero-order valence-electron chi connectivity index (χ0n) is 21.2. The first kappa shape index (κ1) is 24.8. The number of ether oxygens (including phenoxy) is 1. The van der Waals surface area contributed by atoms with Crippen LogP contribution in [0, 0.1) is 12.3 Å². The fraction of sp³-hybridized carbons (Fsp3) is 0.429. The monoisotopic (exact) mass is 473 g/mol. The zero-order chi connectivity index (χ0) is 25.0. The van der Waals surface area contributed by atoms with Crippen LogP contribution in [0.2, 0.25) is 0 Å². The molecule has 0 spiro atoms. The van der Waals surface area contributed by atoms with Crippen LogP contribution in [0.3, 0.4) is 0 Å². The van der Waals surface area contributed by atoms with E-state index in [1.54, 1.807) is 18.6 Å². The molecule has 0 saturated carbocycles. The number of hydrogen-bond donors (Lipinski definition) is 1. The fourth-order valence-electron chi connectivity index (χ4n) is 4.54. The summed E-state index contributed by atoms with van der Waals surface area (Å²) in [6.45, 7) is 11.4. The van der Waals surface area contributed by atoms with E-state index in [2.05, 4.69) is 59.7 Å². The number of carbonyl (C=O) groups is 1. The van der Waals surface area contributed by atoms with E-state index in [4.69, 9.17) is 10.5 Å². The number of carbonyl (C=O) groups excluding carboxylic acids is 1. The van der Waals surface area contributed by atoms with E-state index >= 15 is 0 Å². The number of nitrogens with two attached hydrogens (primary N) is 1. The van der Waals surface area contributed by atoms with Gasteiger partial charge in [-0.25, -0.2) is 9.97 Å². The van der Waals surface area contributed by atoms with Gasteiger partial charge in [0.2, 0.25) is 0 Å². The third-order valence-electron chi connectivity index (χ3n) is 6.26. The number of hydrogen-bond acceptors (Lipinski definition) is 7. The van der Waals surface area contributed by atoms with Crippen LogP contribution in [0.1, 0.15) is 55.9 Å². The van der Waals surface area contributed by atoms with Crippen LogP contribution in [0.15, 0.2) is 42.9 Å². The van der Waals surface area contributed by atoms with Crippen LogP contribution in [0.5, 0.6) is 5.88 Å². The Morgan fingerprint density at radius 3 is 2.71 bits per heavy atom. The van der Waals surface area contributed by atoms with Gasteiger partial charge in [0.1, 0.15) is 12.4 Å². The lowest BCUT2D eigenvalue weighted by Crippen LogP contribution is -2.33. The number of benzene rings is 1. The van der Waals surface area contributed by atoms with Crippen molar-refractivity contribution in [1.29, 1.82) is 0 Å². The van der Waals surface area contributed by atoms with Crippen LogP contribution >= 0.6 is 0 Å². The van der Waals surface area contributed by atoms with Crippen molar-refractivity contribution < 1.29 is 9.53 Å². The van der Waals surface area contributed by atoms with Crippen LogP contribution in [-0.2, 0) is 24.4 Å². The second-order valence-electron chi connectivity index (χ2n) is 10.6. The Labute approximate surface area is 207 Å². The molecule has 3 heterocycles. The number of nitrogens with zero attached hydrogens (tertiary/aromatic N) is 4. The number of pyridine rings is 1. The maximum Gasteiger partial charge on any atom is 0.258 e. The fourth-order valence-corrected chi connectivity index (χ4v) is 4.54. The summed E-state index contributed by atoms with van der Waals surface area (Å²) < 4.78 is 5.87. The van der Waals surface area contributed by atoms with Crippen molar-refractivity contribution in [3.05, 3.63) is 65.1 Å². The van der Waals surface area contributed by atoms with E-state index in [9.17, 15) is 4.79 Å². The van der Waals surface area contributed by atoms with Crippen molar-refractivity contribution in [3.8, 4) is 17.1 Å². The van der Waals surface area contributed by atoms with Gasteiger partial charge in [0, 0.05) is 50.4 Å². The number of anilines is 1. The molecule has 1 aliphatic rings. The molecule has 0 aliphatic carbocycles. The van der Waals surface area contributed by atoms with Gasteiger partial charge in [0.15, 0.2) is 5.82 Å². The standard InChI is InChI=1S/C28H35N5O2/c1-19-13-21(25-16-31-26(29)27(32-25)35-18-20-5-9-30-10-6-20)14-22-17-33(12-8-24(19)22)11-7-23(34)15-28(2,3)4/h5-6,9-10,13-14,16H,7-8,11-12,15,17-18H2,1-4H3,(H2,29,31). The first-order valence-electron chi connectivity index (χ1n) is 12.2. The second kappa shape index (κ2) is 10.5. The van der Waals surface area contributed by atoms with Crippen molar-refractivity contribution in [2.45, 2.75) is 60.1 Å². The summed E-state index contributed by atoms with van der Waals surface area (Å²) in [5, 5.41) is 0. The number of ketones is 1. The van der Waals surface area contributed by atoms with Gasteiger partial charge in [-0.05, 0) is 65.3 Å². The topological polar surface area (TPSA) is 94.2 Å². The first-order chi connectivity index (χ1) is 16.7. The van der Waals surface area contributed by atoms with Crippen LogP contribution < -0.4 is 10.5 Å². The van der Waals surface area contributed by atoms with E-state index in [-0.39, 0.29) is 11.2 Å². The van der Waals surface area contributed by atoms with Crippen molar-refractivity contribution in [1.82, 2.24) is 19.9 Å². The third kappa shape index (κ3) is 6.63. The summed E-state index contributed by atoms with van der Waals surface area (Å²) in [7, 11) is 0. The Bertz CT molecular complexity index is 1190. The SMILES string of the molecule is Cc1cc(-c2cnc(N)c(OCc3ccncc3)n2)cc2c1CCN(CCC(=O)CC(C)(C)C)C2. The number of Topliss-reactive ketones (excluding diaryl/α,β-unsaturated/α-hetero) is 1. The molecule has 35 heavy (non-hydrogen) atoms. The molecule has 4 rings (SSSR count). The van der Waals surface area contributed by atoms with E-state index in [0.717, 1.165) is 42.9 Å². The number of fused-ring (bicyclic) bond motifs is 1. The van der Waals surface area contributed by atoms with E-state index in [1.165, 1.54) is 16.7 Å². The van der Waals surface area contributed by atoms with Gasteiger partial charge < -0.3 is 10.5 Å². The van der Waals surface area contributed by atoms with Gasteiger partial charge in [0.05, 0.1) is 11.9 Å². The average Bonchev–Trinajstić information content (AvgIpc) is 2.81. The average molecular weight is 474 g/mol. The van der Waals surface area contributed by atoms with Crippen LogP contribution in [-0.4, -0.2) is 38.7 Å². The molecule has 1 aliphatic heterocycles. The molecule has 3 aromatic rings.